The molecule has 2 atom stereocenters. The monoisotopic (exact) mass is 264 g/mol. The topological polar surface area (TPSA) is 77.0 Å². The maximum atomic E-state index is 5.27. The Morgan fingerprint density at radius 1 is 1.21 bits per heavy atom. The van der Waals surface area contributed by atoms with Crippen LogP contribution in [0.25, 0.3) is 0 Å². The van der Waals surface area contributed by atoms with Crippen LogP contribution in [0.2, 0.25) is 0 Å². The quantitative estimate of drug-likeness (QED) is 0.863. The molecule has 0 saturated carbocycles. The lowest BCUT2D eigenvalue weighted by Crippen LogP contribution is -2.00. The van der Waals surface area contributed by atoms with Crippen molar-refractivity contribution in [2.45, 2.75) is 45.4 Å². The van der Waals surface area contributed by atoms with Crippen molar-refractivity contribution in [3.63, 3.8) is 0 Å². The van der Waals surface area contributed by atoms with Gasteiger partial charge in [-0.15, -0.1) is 0 Å². The van der Waals surface area contributed by atoms with Crippen molar-refractivity contribution in [3.05, 3.63) is 23.7 Å². The highest BCUT2D eigenvalue weighted by molar-refractivity contribution is 5.21. The van der Waals surface area contributed by atoms with E-state index in [2.05, 4.69) is 34.3 Å². The summed E-state index contributed by atoms with van der Waals surface area (Å²) in [6, 6.07) is 0.558. The van der Waals surface area contributed by atoms with Gasteiger partial charge in [-0.25, -0.2) is 0 Å². The van der Waals surface area contributed by atoms with E-state index in [1.54, 1.807) is 13.3 Å². The van der Waals surface area contributed by atoms with E-state index in [4.69, 9.17) is 8.94 Å². The summed E-state index contributed by atoms with van der Waals surface area (Å²) in [6.45, 7) is 6.07. The molecule has 2 rings (SSSR count). The van der Waals surface area contributed by atoms with Crippen LogP contribution in [0.3, 0.4) is 0 Å². The van der Waals surface area contributed by atoms with Gasteiger partial charge >= 0.3 is 0 Å². The van der Waals surface area contributed by atoms with Crippen molar-refractivity contribution >= 4 is 6.01 Å². The van der Waals surface area contributed by atoms with E-state index in [1.165, 1.54) is 0 Å². The van der Waals surface area contributed by atoms with E-state index in [1.807, 2.05) is 6.92 Å². The Bertz CT molecular complexity index is 520. The predicted molar refractivity (Wildman–Crippen MR) is 71.1 cm³/mol. The minimum atomic E-state index is 0.263. The van der Waals surface area contributed by atoms with Gasteiger partial charge in [0.2, 0.25) is 5.89 Å². The van der Waals surface area contributed by atoms with Crippen molar-refractivity contribution in [3.8, 4) is 0 Å². The van der Waals surface area contributed by atoms with Gasteiger partial charge in [-0.1, -0.05) is 19.0 Å². The lowest BCUT2D eigenvalue weighted by molar-refractivity contribution is 0.346. The second kappa shape index (κ2) is 5.86. The van der Waals surface area contributed by atoms with Crippen molar-refractivity contribution in [2.75, 3.05) is 12.4 Å². The van der Waals surface area contributed by atoms with E-state index in [0.29, 0.717) is 23.6 Å². The zero-order valence-electron chi connectivity index (χ0n) is 11.8. The first-order valence-electron chi connectivity index (χ1n) is 6.53. The smallest absolute Gasteiger partial charge is 0.294 e. The molecule has 0 aromatic carbocycles. The summed E-state index contributed by atoms with van der Waals surface area (Å²) in [5.74, 6) is 2.00. The fraction of sp³-hybridized carbons (Fsp3) is 0.615. The second-order valence-corrected chi connectivity index (χ2v) is 4.89. The van der Waals surface area contributed by atoms with Crippen LogP contribution in [0.5, 0.6) is 0 Å². The van der Waals surface area contributed by atoms with E-state index in [-0.39, 0.29) is 5.92 Å². The summed E-state index contributed by atoms with van der Waals surface area (Å²) in [4.78, 5) is 8.61. The van der Waals surface area contributed by atoms with Crippen LogP contribution in [0.4, 0.5) is 6.01 Å². The molecule has 0 saturated heterocycles. The van der Waals surface area contributed by atoms with Gasteiger partial charge in [0.15, 0.2) is 5.82 Å². The van der Waals surface area contributed by atoms with Crippen LogP contribution in [-0.4, -0.2) is 22.2 Å². The Hall–Kier alpha value is -1.85. The molecule has 0 amide bonds. The second-order valence-electron chi connectivity index (χ2n) is 4.89. The van der Waals surface area contributed by atoms with Crippen molar-refractivity contribution < 1.29 is 8.94 Å². The van der Waals surface area contributed by atoms with Gasteiger partial charge < -0.3 is 14.3 Å². The first kappa shape index (κ1) is 13.6. The summed E-state index contributed by atoms with van der Waals surface area (Å²) in [5, 5.41) is 6.70. The van der Waals surface area contributed by atoms with Crippen LogP contribution >= 0.6 is 0 Å². The maximum absolute atomic E-state index is 5.27. The summed E-state index contributed by atoms with van der Waals surface area (Å²) in [5.41, 5.74) is 0.971. The van der Waals surface area contributed by atoms with Crippen LogP contribution in [-0.2, 0) is 0 Å². The number of nitrogens with one attached hydrogen (secondary N) is 1. The van der Waals surface area contributed by atoms with E-state index < -0.39 is 0 Å². The molecule has 0 aliphatic rings. The van der Waals surface area contributed by atoms with Crippen molar-refractivity contribution in [1.29, 1.82) is 0 Å². The number of rotatable bonds is 6. The van der Waals surface area contributed by atoms with Crippen LogP contribution in [0.1, 0.15) is 55.9 Å². The average molecular weight is 264 g/mol. The summed E-state index contributed by atoms with van der Waals surface area (Å²) in [6.07, 6.45) is 3.68. The maximum Gasteiger partial charge on any atom is 0.294 e. The molecule has 0 bridgehead atoms. The molecule has 6 nitrogen and oxygen atoms in total. The van der Waals surface area contributed by atoms with Gasteiger partial charge in [0.1, 0.15) is 6.26 Å². The molecule has 1 N–H and O–H groups in total. The lowest BCUT2D eigenvalue weighted by atomic mass is 9.96. The molecule has 19 heavy (non-hydrogen) atoms. The highest BCUT2D eigenvalue weighted by atomic mass is 16.5. The van der Waals surface area contributed by atoms with Crippen LogP contribution < -0.4 is 5.32 Å². The van der Waals surface area contributed by atoms with Gasteiger partial charge in [0.25, 0.3) is 6.01 Å². The van der Waals surface area contributed by atoms with Gasteiger partial charge in [0.05, 0.1) is 5.69 Å². The molecule has 6 heteroatoms. The van der Waals surface area contributed by atoms with Gasteiger partial charge in [0, 0.05) is 18.9 Å². The predicted octanol–water partition coefficient (Wildman–Crippen LogP) is 3.10. The van der Waals surface area contributed by atoms with E-state index in [9.17, 15) is 0 Å². The van der Waals surface area contributed by atoms with Gasteiger partial charge in [-0.3, -0.25) is 0 Å². The molecular weight excluding hydrogens is 244 g/mol. The Balaban J connectivity index is 1.87. The molecule has 2 heterocycles. The van der Waals surface area contributed by atoms with Crippen LogP contribution in [0, 0.1) is 6.92 Å². The van der Waals surface area contributed by atoms with Crippen LogP contribution in [0.15, 0.2) is 15.2 Å². The normalized spacial score (nSPS) is 14.3. The van der Waals surface area contributed by atoms with E-state index >= 15 is 0 Å². The first-order valence-corrected chi connectivity index (χ1v) is 6.53. The lowest BCUT2D eigenvalue weighted by Gasteiger charge is -2.10. The number of hydrogen-bond donors (Lipinski definition) is 1. The Labute approximate surface area is 112 Å². The first-order chi connectivity index (χ1) is 9.10. The third kappa shape index (κ3) is 3.33. The molecule has 0 spiro atoms. The minimum absolute atomic E-state index is 0.263. The molecule has 0 radical (unpaired) electrons. The number of aromatic nitrogens is 3. The Morgan fingerprint density at radius 3 is 2.53 bits per heavy atom. The van der Waals surface area contributed by atoms with Crippen molar-refractivity contribution in [1.82, 2.24) is 15.1 Å². The summed E-state index contributed by atoms with van der Waals surface area (Å²) < 4.78 is 10.4. The summed E-state index contributed by atoms with van der Waals surface area (Å²) >= 11 is 0. The SMILES string of the molecule is CNc1nc(C(C)CCC(C)c2nc(C)no2)co1. The molecular formula is C13H20N4O2. The van der Waals surface area contributed by atoms with Gasteiger partial charge in [-0.2, -0.15) is 9.97 Å². The van der Waals surface area contributed by atoms with Crippen molar-refractivity contribution in [2.24, 2.45) is 0 Å². The third-order valence-electron chi connectivity index (χ3n) is 3.24. The molecule has 0 fully saturated rings. The highest BCUT2D eigenvalue weighted by Gasteiger charge is 2.17. The molecule has 0 aliphatic heterocycles. The van der Waals surface area contributed by atoms with Gasteiger partial charge in [-0.05, 0) is 19.8 Å². The molecule has 104 valence electrons. The number of nitrogens with zero attached hydrogens (tertiary/aromatic N) is 3. The number of hydrogen-bond acceptors (Lipinski definition) is 6. The fourth-order valence-corrected chi connectivity index (χ4v) is 1.91. The standard InChI is InChI=1S/C13H20N4O2/c1-8(11-7-18-13(14-4)16-11)5-6-9(2)12-15-10(3)17-19-12/h7-9H,5-6H2,1-4H3,(H,14,16). The average Bonchev–Trinajstić information content (AvgIpc) is 3.04. The molecule has 2 aromatic heterocycles. The zero-order valence-corrected chi connectivity index (χ0v) is 11.8. The fourth-order valence-electron chi connectivity index (χ4n) is 1.91. The zero-order chi connectivity index (χ0) is 13.8. The number of oxazole rings is 1. The number of anilines is 1. The highest BCUT2D eigenvalue weighted by Crippen LogP contribution is 2.27. The Morgan fingerprint density at radius 2 is 1.95 bits per heavy atom. The largest absolute Gasteiger partial charge is 0.432 e. The molecule has 0 aliphatic carbocycles. The summed E-state index contributed by atoms with van der Waals surface area (Å²) in [7, 11) is 1.79. The third-order valence-corrected chi connectivity index (χ3v) is 3.24. The minimum Gasteiger partial charge on any atom is -0.432 e. The molecule has 2 unspecified atom stereocenters. The van der Waals surface area contributed by atoms with E-state index in [0.717, 1.165) is 18.5 Å². The number of aryl methyl sites for hydroxylation is 1. The Kier molecular flexibility index (Phi) is 4.19. The molecule has 2 aromatic rings.